The molecule has 3 atom stereocenters. The second-order valence-electron chi connectivity index (χ2n) is 9.20. The Balaban J connectivity index is 1.97. The van der Waals surface area contributed by atoms with E-state index in [1.807, 2.05) is 0 Å². The summed E-state index contributed by atoms with van der Waals surface area (Å²) in [6.07, 6.45) is 4.22. The van der Waals surface area contributed by atoms with Crippen molar-refractivity contribution >= 4 is 14.2 Å². The van der Waals surface area contributed by atoms with Gasteiger partial charge in [-0.25, -0.2) is 0 Å². The van der Waals surface area contributed by atoms with Crippen molar-refractivity contribution < 1.29 is 9.22 Å². The van der Waals surface area contributed by atoms with E-state index in [0.717, 1.165) is 19.4 Å². The summed E-state index contributed by atoms with van der Waals surface area (Å²) >= 11 is 0. The van der Waals surface area contributed by atoms with Gasteiger partial charge in [-0.15, -0.1) is 0 Å². The topological polar surface area (TPSA) is 29.5 Å². The van der Waals surface area contributed by atoms with E-state index in [2.05, 4.69) is 52.6 Å². The molecule has 0 spiro atoms. The number of carbonyl (C=O) groups excluding carboxylic acids is 1. The number of carbonyl (C=O) groups is 1. The predicted octanol–water partition coefficient (Wildman–Crippen LogP) is 4.43. The van der Waals surface area contributed by atoms with Crippen LogP contribution in [0.1, 0.15) is 60.3 Å². The molecular formula is C18H35NO2Si. The van der Waals surface area contributed by atoms with Crippen molar-refractivity contribution in [3.63, 3.8) is 0 Å². The average molecular weight is 326 g/mol. The van der Waals surface area contributed by atoms with Gasteiger partial charge in [0.25, 0.3) is 0 Å². The largest absolute Gasteiger partial charge is 0.415 e. The number of hydrogen-bond acceptors (Lipinski definition) is 2. The van der Waals surface area contributed by atoms with Gasteiger partial charge in [0.05, 0.1) is 12.6 Å². The summed E-state index contributed by atoms with van der Waals surface area (Å²) in [6, 6.07) is 0.793. The van der Waals surface area contributed by atoms with Gasteiger partial charge in [-0.1, -0.05) is 34.6 Å². The van der Waals surface area contributed by atoms with Crippen LogP contribution in [-0.4, -0.2) is 37.8 Å². The standard InChI is InChI=1S/C18H35NO2Si/c1-13(2)14-10-15-8-9-16(19(15)17(20)11-14)12-21-22(6,7)18(3,4)5/h13-16H,8-12H2,1-7H3/t14?,15?,16-/m0/s1. The summed E-state index contributed by atoms with van der Waals surface area (Å²) in [7, 11) is -1.72. The fourth-order valence-corrected chi connectivity index (χ4v) is 4.60. The molecule has 2 aliphatic rings. The van der Waals surface area contributed by atoms with E-state index in [1.54, 1.807) is 0 Å². The quantitative estimate of drug-likeness (QED) is 0.715. The van der Waals surface area contributed by atoms with E-state index in [-0.39, 0.29) is 5.04 Å². The van der Waals surface area contributed by atoms with Crippen molar-refractivity contribution in [1.82, 2.24) is 4.90 Å². The summed E-state index contributed by atoms with van der Waals surface area (Å²) in [5, 5.41) is 0.236. The third-order valence-electron chi connectivity index (χ3n) is 6.31. The minimum Gasteiger partial charge on any atom is -0.415 e. The van der Waals surface area contributed by atoms with Gasteiger partial charge < -0.3 is 9.33 Å². The molecule has 2 fully saturated rings. The zero-order chi connectivity index (χ0) is 16.7. The van der Waals surface area contributed by atoms with Crippen molar-refractivity contribution in [1.29, 1.82) is 0 Å². The molecule has 0 saturated carbocycles. The number of hydrogen-bond donors (Lipinski definition) is 0. The molecular weight excluding hydrogens is 290 g/mol. The Bertz CT molecular complexity index is 414. The highest BCUT2D eigenvalue weighted by molar-refractivity contribution is 6.74. The molecule has 0 bridgehead atoms. The Hall–Kier alpha value is -0.353. The number of rotatable bonds is 4. The lowest BCUT2D eigenvalue weighted by Gasteiger charge is -2.41. The van der Waals surface area contributed by atoms with Crippen LogP contribution in [0.3, 0.4) is 0 Å². The van der Waals surface area contributed by atoms with E-state index in [9.17, 15) is 4.79 Å². The van der Waals surface area contributed by atoms with Crippen LogP contribution in [0.4, 0.5) is 0 Å². The fraction of sp³-hybridized carbons (Fsp3) is 0.944. The fourth-order valence-electron chi connectivity index (χ4n) is 3.55. The molecule has 22 heavy (non-hydrogen) atoms. The lowest BCUT2D eigenvalue weighted by atomic mass is 9.83. The van der Waals surface area contributed by atoms with Gasteiger partial charge >= 0.3 is 0 Å². The zero-order valence-corrected chi connectivity index (χ0v) is 16.6. The molecule has 1 amide bonds. The second kappa shape index (κ2) is 6.27. The first-order valence-electron chi connectivity index (χ1n) is 8.98. The van der Waals surface area contributed by atoms with Crippen LogP contribution in [0.25, 0.3) is 0 Å². The third-order valence-corrected chi connectivity index (χ3v) is 10.8. The van der Waals surface area contributed by atoms with Crippen LogP contribution in [-0.2, 0) is 9.22 Å². The highest BCUT2D eigenvalue weighted by atomic mass is 28.4. The SMILES string of the molecule is CC(C)C1CC(=O)N2C(CC[C@H]2CO[Si](C)(C)C(C)(C)C)C1. The van der Waals surface area contributed by atoms with E-state index in [0.29, 0.717) is 29.8 Å². The van der Waals surface area contributed by atoms with Crippen LogP contribution in [0, 0.1) is 11.8 Å². The smallest absolute Gasteiger partial charge is 0.223 e. The van der Waals surface area contributed by atoms with Crippen LogP contribution in [0.5, 0.6) is 0 Å². The normalized spacial score (nSPS) is 30.1. The van der Waals surface area contributed by atoms with Gasteiger partial charge in [0.1, 0.15) is 0 Å². The Morgan fingerprint density at radius 2 is 1.91 bits per heavy atom. The number of nitrogens with zero attached hydrogens (tertiary/aromatic N) is 1. The molecule has 3 nitrogen and oxygen atoms in total. The minimum absolute atomic E-state index is 0.236. The summed E-state index contributed by atoms with van der Waals surface area (Å²) in [5.74, 6) is 1.57. The second-order valence-corrected chi connectivity index (χ2v) is 14.0. The van der Waals surface area contributed by atoms with Crippen molar-refractivity contribution in [2.24, 2.45) is 11.8 Å². The van der Waals surface area contributed by atoms with Crippen LogP contribution >= 0.6 is 0 Å². The molecule has 0 aromatic carbocycles. The maximum absolute atomic E-state index is 12.6. The van der Waals surface area contributed by atoms with Crippen LogP contribution in [0.15, 0.2) is 0 Å². The molecule has 0 aliphatic carbocycles. The van der Waals surface area contributed by atoms with Crippen molar-refractivity contribution in [2.75, 3.05) is 6.61 Å². The molecule has 4 heteroatoms. The molecule has 2 unspecified atom stereocenters. The maximum Gasteiger partial charge on any atom is 0.223 e. The number of fused-ring (bicyclic) bond motifs is 1. The molecule has 0 aromatic heterocycles. The molecule has 128 valence electrons. The Morgan fingerprint density at radius 3 is 2.45 bits per heavy atom. The highest BCUT2D eigenvalue weighted by Gasteiger charge is 2.44. The average Bonchev–Trinajstić information content (AvgIpc) is 2.78. The first-order chi connectivity index (χ1) is 10.0. The molecule has 0 radical (unpaired) electrons. The predicted molar refractivity (Wildman–Crippen MR) is 94.4 cm³/mol. The molecule has 0 N–H and O–H groups in total. The summed E-state index contributed by atoms with van der Waals surface area (Å²) in [6.45, 7) is 16.7. The van der Waals surface area contributed by atoms with E-state index in [4.69, 9.17) is 4.43 Å². The van der Waals surface area contributed by atoms with Gasteiger partial charge in [0.2, 0.25) is 5.91 Å². The van der Waals surface area contributed by atoms with E-state index >= 15 is 0 Å². The zero-order valence-electron chi connectivity index (χ0n) is 15.6. The Kier molecular flexibility index (Phi) is 5.13. The van der Waals surface area contributed by atoms with Crippen molar-refractivity contribution in [3.8, 4) is 0 Å². The highest BCUT2D eigenvalue weighted by Crippen LogP contribution is 2.40. The Morgan fingerprint density at radius 1 is 1.27 bits per heavy atom. The van der Waals surface area contributed by atoms with Gasteiger partial charge in [0.15, 0.2) is 8.32 Å². The van der Waals surface area contributed by atoms with Gasteiger partial charge in [-0.3, -0.25) is 4.79 Å². The molecule has 2 saturated heterocycles. The molecule has 2 rings (SSSR count). The van der Waals surface area contributed by atoms with Gasteiger partial charge in [0, 0.05) is 12.5 Å². The molecule has 0 aromatic rings. The van der Waals surface area contributed by atoms with E-state index in [1.165, 1.54) is 12.8 Å². The minimum atomic E-state index is -1.72. The first kappa shape index (κ1) is 18.0. The molecule has 2 heterocycles. The van der Waals surface area contributed by atoms with Crippen LogP contribution in [0.2, 0.25) is 18.1 Å². The van der Waals surface area contributed by atoms with Crippen LogP contribution < -0.4 is 0 Å². The monoisotopic (exact) mass is 325 g/mol. The summed E-state index contributed by atoms with van der Waals surface area (Å²) in [5.41, 5.74) is 0. The van der Waals surface area contributed by atoms with E-state index < -0.39 is 8.32 Å². The third kappa shape index (κ3) is 3.59. The first-order valence-corrected chi connectivity index (χ1v) is 11.9. The van der Waals surface area contributed by atoms with Crippen molar-refractivity contribution in [3.05, 3.63) is 0 Å². The van der Waals surface area contributed by atoms with Gasteiger partial charge in [-0.05, 0) is 49.2 Å². The number of amides is 1. The molecule has 2 aliphatic heterocycles. The summed E-state index contributed by atoms with van der Waals surface area (Å²) in [4.78, 5) is 14.8. The summed E-state index contributed by atoms with van der Waals surface area (Å²) < 4.78 is 6.39. The van der Waals surface area contributed by atoms with Crippen molar-refractivity contribution in [2.45, 2.75) is 90.5 Å². The maximum atomic E-state index is 12.6. The van der Waals surface area contributed by atoms with Gasteiger partial charge in [-0.2, -0.15) is 0 Å². The number of piperidine rings is 1. The lowest BCUT2D eigenvalue weighted by Crippen LogP contribution is -2.50. The Labute approximate surface area is 137 Å². The lowest BCUT2D eigenvalue weighted by molar-refractivity contribution is -0.140.